The van der Waals surface area contributed by atoms with E-state index in [0.29, 0.717) is 18.2 Å². The van der Waals surface area contributed by atoms with Gasteiger partial charge in [-0.05, 0) is 17.7 Å². The fraction of sp³-hybridized carbons (Fsp3) is 0.308. The van der Waals surface area contributed by atoms with Gasteiger partial charge in [-0.2, -0.15) is 0 Å². The summed E-state index contributed by atoms with van der Waals surface area (Å²) >= 11 is 0. The van der Waals surface area contributed by atoms with Crippen molar-refractivity contribution in [1.82, 2.24) is 9.78 Å². The van der Waals surface area contributed by atoms with Crippen molar-refractivity contribution in [2.45, 2.75) is 6.54 Å². The first-order valence-electron chi connectivity index (χ1n) is 5.81. The minimum absolute atomic E-state index is 0. The van der Waals surface area contributed by atoms with Gasteiger partial charge in [0.1, 0.15) is 5.69 Å². The number of aryl methyl sites for hydroxylation is 1. The molecular formula is C13H18ClN3O3. The van der Waals surface area contributed by atoms with E-state index in [0.717, 1.165) is 11.3 Å². The molecule has 20 heavy (non-hydrogen) atoms. The second kappa shape index (κ2) is 6.91. The molecule has 0 aliphatic carbocycles. The van der Waals surface area contributed by atoms with Crippen LogP contribution in [0.15, 0.2) is 24.4 Å². The Hall–Kier alpha value is -2.08. The van der Waals surface area contributed by atoms with Gasteiger partial charge < -0.3 is 19.9 Å². The first-order valence-corrected chi connectivity index (χ1v) is 5.81. The predicted octanol–water partition coefficient (Wildman–Crippen LogP) is 2.18. The zero-order chi connectivity index (χ0) is 13.8. The minimum Gasteiger partial charge on any atom is -0.504 e. The van der Waals surface area contributed by atoms with Gasteiger partial charge in [-0.1, -0.05) is 6.07 Å². The van der Waals surface area contributed by atoms with Crippen molar-refractivity contribution >= 4 is 18.1 Å². The lowest BCUT2D eigenvalue weighted by molar-refractivity contribution is 0.373. The number of ether oxygens (including phenoxy) is 2. The standard InChI is InChI=1S/C13H17N3O3.ClH/c1-16-8-10(13(15-16)19-3)14-7-9-4-5-11(17)12(6-9)18-2;/h4-6,8,14,17H,7H2,1-3H3;1H. The quantitative estimate of drug-likeness (QED) is 0.885. The highest BCUT2D eigenvalue weighted by molar-refractivity contribution is 5.85. The van der Waals surface area contributed by atoms with Crippen molar-refractivity contribution in [2.24, 2.45) is 7.05 Å². The summed E-state index contributed by atoms with van der Waals surface area (Å²) in [7, 11) is 4.94. The SMILES string of the molecule is COc1cc(CNc2cn(C)nc2OC)ccc1O.Cl. The van der Waals surface area contributed by atoms with Gasteiger partial charge in [-0.25, -0.2) is 0 Å². The van der Waals surface area contributed by atoms with Gasteiger partial charge in [0.15, 0.2) is 11.5 Å². The lowest BCUT2D eigenvalue weighted by Gasteiger charge is -2.08. The summed E-state index contributed by atoms with van der Waals surface area (Å²) in [6.45, 7) is 0.582. The third kappa shape index (κ3) is 3.48. The van der Waals surface area contributed by atoms with E-state index in [2.05, 4.69) is 10.4 Å². The van der Waals surface area contributed by atoms with Crippen LogP contribution in [0, 0.1) is 0 Å². The molecule has 0 unspecified atom stereocenters. The molecule has 2 aromatic rings. The van der Waals surface area contributed by atoms with E-state index in [9.17, 15) is 5.11 Å². The van der Waals surface area contributed by atoms with Crippen LogP contribution in [0.1, 0.15) is 5.56 Å². The molecule has 0 spiro atoms. The Labute approximate surface area is 123 Å². The van der Waals surface area contributed by atoms with Crippen LogP contribution in [0.4, 0.5) is 5.69 Å². The normalized spacial score (nSPS) is 9.75. The summed E-state index contributed by atoms with van der Waals surface area (Å²) in [5.74, 6) is 1.14. The Bertz CT molecular complexity index is 572. The summed E-state index contributed by atoms with van der Waals surface area (Å²) in [6, 6.07) is 5.22. The van der Waals surface area contributed by atoms with Crippen LogP contribution in [-0.2, 0) is 13.6 Å². The van der Waals surface area contributed by atoms with Gasteiger partial charge in [0, 0.05) is 13.6 Å². The number of aromatic nitrogens is 2. The molecule has 1 aromatic carbocycles. The van der Waals surface area contributed by atoms with Gasteiger partial charge >= 0.3 is 0 Å². The van der Waals surface area contributed by atoms with Crippen LogP contribution in [0.3, 0.4) is 0 Å². The van der Waals surface area contributed by atoms with Crippen molar-refractivity contribution in [2.75, 3.05) is 19.5 Å². The summed E-state index contributed by atoms with van der Waals surface area (Å²) in [5.41, 5.74) is 1.80. The van der Waals surface area contributed by atoms with Crippen molar-refractivity contribution in [3.05, 3.63) is 30.0 Å². The first kappa shape index (κ1) is 16.0. The lowest BCUT2D eigenvalue weighted by Crippen LogP contribution is -2.00. The van der Waals surface area contributed by atoms with Crippen LogP contribution in [0.5, 0.6) is 17.4 Å². The molecule has 0 amide bonds. The highest BCUT2D eigenvalue weighted by Crippen LogP contribution is 2.27. The molecule has 0 saturated heterocycles. The van der Waals surface area contributed by atoms with Gasteiger partial charge in [0.05, 0.1) is 20.4 Å². The maximum absolute atomic E-state index is 9.53. The molecule has 7 heteroatoms. The zero-order valence-electron chi connectivity index (χ0n) is 11.6. The lowest BCUT2D eigenvalue weighted by atomic mass is 10.2. The average molecular weight is 300 g/mol. The average Bonchev–Trinajstić information content (AvgIpc) is 2.78. The maximum Gasteiger partial charge on any atom is 0.256 e. The Morgan fingerprint density at radius 1 is 1.30 bits per heavy atom. The molecule has 1 aromatic heterocycles. The summed E-state index contributed by atoms with van der Waals surface area (Å²) in [5, 5.41) is 16.9. The Morgan fingerprint density at radius 3 is 2.70 bits per heavy atom. The summed E-state index contributed by atoms with van der Waals surface area (Å²) in [6.07, 6.45) is 1.84. The van der Waals surface area contributed by atoms with Crippen LogP contribution in [-0.4, -0.2) is 29.1 Å². The van der Waals surface area contributed by atoms with Gasteiger partial charge in [0.2, 0.25) is 0 Å². The van der Waals surface area contributed by atoms with E-state index >= 15 is 0 Å². The predicted molar refractivity (Wildman–Crippen MR) is 79.0 cm³/mol. The number of methoxy groups -OCH3 is 2. The van der Waals surface area contributed by atoms with E-state index in [1.807, 2.05) is 19.3 Å². The number of hydrogen-bond donors (Lipinski definition) is 2. The number of hydrogen-bond acceptors (Lipinski definition) is 5. The number of rotatable bonds is 5. The van der Waals surface area contributed by atoms with Crippen LogP contribution in [0.25, 0.3) is 0 Å². The molecule has 0 aliphatic heterocycles. The molecule has 0 fully saturated rings. The van der Waals surface area contributed by atoms with Crippen molar-refractivity contribution < 1.29 is 14.6 Å². The molecule has 2 N–H and O–H groups in total. The Morgan fingerprint density at radius 2 is 2.05 bits per heavy atom. The molecule has 6 nitrogen and oxygen atoms in total. The van der Waals surface area contributed by atoms with Crippen LogP contribution in [0.2, 0.25) is 0 Å². The second-order valence-corrected chi connectivity index (χ2v) is 4.09. The minimum atomic E-state index is 0. The topological polar surface area (TPSA) is 68.5 Å². The van der Waals surface area contributed by atoms with E-state index < -0.39 is 0 Å². The van der Waals surface area contributed by atoms with Crippen molar-refractivity contribution in [1.29, 1.82) is 0 Å². The number of anilines is 1. The molecule has 0 radical (unpaired) electrons. The molecule has 1 heterocycles. The fourth-order valence-electron chi connectivity index (χ4n) is 1.77. The van der Waals surface area contributed by atoms with Gasteiger partial charge in [-0.15, -0.1) is 17.5 Å². The number of halogens is 1. The number of benzene rings is 1. The largest absolute Gasteiger partial charge is 0.504 e. The van der Waals surface area contributed by atoms with Gasteiger partial charge in [0.25, 0.3) is 5.88 Å². The van der Waals surface area contributed by atoms with Gasteiger partial charge in [-0.3, -0.25) is 4.68 Å². The van der Waals surface area contributed by atoms with E-state index in [1.54, 1.807) is 23.9 Å². The number of nitrogens with zero attached hydrogens (tertiary/aromatic N) is 2. The van der Waals surface area contributed by atoms with Crippen molar-refractivity contribution in [3.63, 3.8) is 0 Å². The van der Waals surface area contributed by atoms with E-state index in [1.165, 1.54) is 7.11 Å². The third-order valence-electron chi connectivity index (χ3n) is 2.72. The summed E-state index contributed by atoms with van der Waals surface area (Å²) in [4.78, 5) is 0. The zero-order valence-corrected chi connectivity index (χ0v) is 12.4. The molecular weight excluding hydrogens is 282 g/mol. The smallest absolute Gasteiger partial charge is 0.256 e. The molecule has 110 valence electrons. The number of nitrogens with one attached hydrogen (secondary N) is 1. The van der Waals surface area contributed by atoms with Crippen LogP contribution < -0.4 is 14.8 Å². The van der Waals surface area contributed by atoms with E-state index in [-0.39, 0.29) is 18.2 Å². The van der Waals surface area contributed by atoms with E-state index in [4.69, 9.17) is 9.47 Å². The fourth-order valence-corrected chi connectivity index (χ4v) is 1.77. The number of phenolic OH excluding ortho intramolecular Hbond substituents is 1. The molecule has 0 saturated carbocycles. The Kier molecular flexibility index (Phi) is 5.52. The van der Waals surface area contributed by atoms with Crippen molar-refractivity contribution in [3.8, 4) is 17.4 Å². The highest BCUT2D eigenvalue weighted by Gasteiger charge is 2.08. The monoisotopic (exact) mass is 299 g/mol. The Balaban J connectivity index is 0.00000200. The summed E-state index contributed by atoms with van der Waals surface area (Å²) < 4.78 is 11.9. The molecule has 0 atom stereocenters. The molecule has 2 rings (SSSR count). The first-order chi connectivity index (χ1) is 9.13. The van der Waals surface area contributed by atoms with Crippen LogP contribution >= 0.6 is 12.4 Å². The second-order valence-electron chi connectivity index (χ2n) is 4.09. The molecule has 0 bridgehead atoms. The number of phenols is 1. The third-order valence-corrected chi connectivity index (χ3v) is 2.72. The highest BCUT2D eigenvalue weighted by atomic mass is 35.5. The molecule has 0 aliphatic rings. The number of aromatic hydroxyl groups is 1. The maximum atomic E-state index is 9.53.